The fraction of sp³-hybridized carbons (Fsp3) is 0.0769. The van der Waals surface area contributed by atoms with E-state index in [9.17, 15) is 0 Å². The van der Waals surface area contributed by atoms with Gasteiger partial charge in [0.05, 0.1) is 18.2 Å². The predicted octanol–water partition coefficient (Wildman–Crippen LogP) is 3.47. The molecule has 0 saturated heterocycles. The maximum absolute atomic E-state index is 8.63. The third-order valence-electron chi connectivity index (χ3n) is 2.23. The lowest BCUT2D eigenvalue weighted by Gasteiger charge is -2.02. The van der Waals surface area contributed by atoms with Crippen LogP contribution in [0, 0.1) is 11.3 Å². The molecule has 0 bridgehead atoms. The highest BCUT2D eigenvalue weighted by Gasteiger charge is 2.01. The van der Waals surface area contributed by atoms with Gasteiger partial charge in [-0.15, -0.1) is 0 Å². The van der Waals surface area contributed by atoms with Crippen molar-refractivity contribution in [1.82, 2.24) is 4.98 Å². The molecule has 0 aliphatic rings. The zero-order chi connectivity index (χ0) is 11.4. The first-order chi connectivity index (χ1) is 7.79. The molecule has 78 valence electrons. The summed E-state index contributed by atoms with van der Waals surface area (Å²) in [7, 11) is 0. The summed E-state index contributed by atoms with van der Waals surface area (Å²) in [4.78, 5) is 4.26. The lowest BCUT2D eigenvalue weighted by molar-refractivity contribution is 1.21. The Balaban J connectivity index is 2.41. The van der Waals surface area contributed by atoms with Gasteiger partial charge in [0, 0.05) is 16.8 Å². The Labute approximate surface area is 99.1 Å². The van der Waals surface area contributed by atoms with E-state index in [1.807, 2.05) is 36.4 Å². The molecule has 1 heterocycles. The zero-order valence-corrected chi connectivity index (χ0v) is 9.28. The molecule has 0 saturated carbocycles. The second-order valence-corrected chi connectivity index (χ2v) is 3.83. The second-order valence-electron chi connectivity index (χ2n) is 3.39. The second kappa shape index (κ2) is 4.78. The van der Waals surface area contributed by atoms with Crippen LogP contribution in [0.2, 0.25) is 5.02 Å². The van der Waals surface area contributed by atoms with Gasteiger partial charge in [-0.3, -0.25) is 4.98 Å². The number of hydrogen-bond acceptors (Lipinski definition) is 2. The van der Waals surface area contributed by atoms with Crippen molar-refractivity contribution in [2.45, 2.75) is 6.42 Å². The monoisotopic (exact) mass is 228 g/mol. The minimum atomic E-state index is 0.399. The molecule has 1 aromatic carbocycles. The number of nitriles is 1. The maximum atomic E-state index is 8.63. The van der Waals surface area contributed by atoms with Crippen molar-refractivity contribution in [1.29, 1.82) is 5.26 Å². The van der Waals surface area contributed by atoms with E-state index in [0.29, 0.717) is 11.4 Å². The Hall–Kier alpha value is -1.85. The molecule has 2 aromatic rings. The molecule has 0 unspecified atom stereocenters. The van der Waals surface area contributed by atoms with E-state index in [2.05, 4.69) is 11.1 Å². The Bertz CT molecular complexity index is 544. The molecule has 0 fully saturated rings. The molecule has 2 nitrogen and oxygen atoms in total. The number of halogens is 1. The molecule has 1 aromatic heterocycles. The number of hydrogen-bond donors (Lipinski definition) is 0. The summed E-state index contributed by atoms with van der Waals surface area (Å²) in [5.74, 6) is 0. The van der Waals surface area contributed by atoms with E-state index in [-0.39, 0.29) is 0 Å². The minimum Gasteiger partial charge on any atom is -0.256 e. The van der Waals surface area contributed by atoms with E-state index in [1.54, 1.807) is 6.20 Å². The number of pyridine rings is 1. The molecule has 0 spiro atoms. The van der Waals surface area contributed by atoms with Crippen molar-refractivity contribution >= 4 is 11.6 Å². The summed E-state index contributed by atoms with van der Waals surface area (Å²) < 4.78 is 0. The van der Waals surface area contributed by atoms with E-state index in [1.165, 1.54) is 0 Å². The summed E-state index contributed by atoms with van der Waals surface area (Å²) in [6.07, 6.45) is 2.11. The summed E-state index contributed by atoms with van der Waals surface area (Å²) in [6.45, 7) is 0. The average molecular weight is 229 g/mol. The van der Waals surface area contributed by atoms with Crippen LogP contribution >= 0.6 is 11.6 Å². The van der Waals surface area contributed by atoms with Crippen molar-refractivity contribution < 1.29 is 0 Å². The van der Waals surface area contributed by atoms with Gasteiger partial charge in [-0.05, 0) is 29.8 Å². The minimum absolute atomic E-state index is 0.399. The van der Waals surface area contributed by atoms with Crippen LogP contribution in [0.3, 0.4) is 0 Å². The topological polar surface area (TPSA) is 36.7 Å². The molecule has 0 amide bonds. The molecule has 0 atom stereocenters. The van der Waals surface area contributed by atoms with Crippen LogP contribution in [0.4, 0.5) is 0 Å². The van der Waals surface area contributed by atoms with Gasteiger partial charge in [-0.2, -0.15) is 5.26 Å². The highest BCUT2D eigenvalue weighted by molar-refractivity contribution is 6.30. The van der Waals surface area contributed by atoms with E-state index >= 15 is 0 Å². The van der Waals surface area contributed by atoms with Crippen LogP contribution in [-0.4, -0.2) is 4.98 Å². The third kappa shape index (κ3) is 2.39. The molecule has 2 rings (SSSR count). The first-order valence-electron chi connectivity index (χ1n) is 4.87. The van der Waals surface area contributed by atoms with Gasteiger partial charge in [0.15, 0.2) is 0 Å². The standard InChI is InChI=1S/C13H9ClN2/c14-12-3-1-2-11(9-12)13-8-10(4-6-15)5-7-16-13/h1-3,5,7-9H,4H2. The van der Waals surface area contributed by atoms with E-state index < -0.39 is 0 Å². The smallest absolute Gasteiger partial charge is 0.0705 e. The van der Waals surface area contributed by atoms with Crippen molar-refractivity contribution in [3.8, 4) is 17.3 Å². The molecule has 0 aliphatic carbocycles. The van der Waals surface area contributed by atoms with Gasteiger partial charge in [-0.1, -0.05) is 23.7 Å². The lowest BCUT2D eigenvalue weighted by atomic mass is 10.1. The van der Waals surface area contributed by atoms with E-state index in [4.69, 9.17) is 16.9 Å². The number of nitrogens with zero attached hydrogens (tertiary/aromatic N) is 2. The fourth-order valence-electron chi connectivity index (χ4n) is 1.48. The molecule has 0 N–H and O–H groups in total. The molecule has 0 radical (unpaired) electrons. The van der Waals surface area contributed by atoms with Crippen LogP contribution in [0.5, 0.6) is 0 Å². The van der Waals surface area contributed by atoms with Crippen molar-refractivity contribution in [3.05, 3.63) is 53.2 Å². The van der Waals surface area contributed by atoms with Gasteiger partial charge in [0.1, 0.15) is 0 Å². The van der Waals surface area contributed by atoms with Gasteiger partial charge in [0.2, 0.25) is 0 Å². The van der Waals surface area contributed by atoms with Crippen LogP contribution in [0.1, 0.15) is 5.56 Å². The molecule has 16 heavy (non-hydrogen) atoms. The predicted molar refractivity (Wildman–Crippen MR) is 64.0 cm³/mol. The first kappa shape index (κ1) is 10.7. The summed E-state index contributed by atoms with van der Waals surface area (Å²) >= 11 is 5.92. The van der Waals surface area contributed by atoms with Crippen LogP contribution < -0.4 is 0 Å². The van der Waals surface area contributed by atoms with Crippen molar-refractivity contribution in [2.75, 3.05) is 0 Å². The summed E-state index contributed by atoms with van der Waals surface area (Å²) in [6, 6.07) is 13.4. The number of benzene rings is 1. The number of aromatic nitrogens is 1. The van der Waals surface area contributed by atoms with Gasteiger partial charge in [-0.25, -0.2) is 0 Å². The average Bonchev–Trinajstić information content (AvgIpc) is 2.30. The quantitative estimate of drug-likeness (QED) is 0.789. The van der Waals surface area contributed by atoms with Gasteiger partial charge >= 0.3 is 0 Å². The molecule has 3 heteroatoms. The van der Waals surface area contributed by atoms with Crippen LogP contribution in [0.25, 0.3) is 11.3 Å². The van der Waals surface area contributed by atoms with Crippen molar-refractivity contribution in [3.63, 3.8) is 0 Å². The Kier molecular flexibility index (Phi) is 3.19. The van der Waals surface area contributed by atoms with Gasteiger partial charge < -0.3 is 0 Å². The Morgan fingerprint density at radius 2 is 2.12 bits per heavy atom. The highest BCUT2D eigenvalue weighted by Crippen LogP contribution is 2.21. The van der Waals surface area contributed by atoms with Gasteiger partial charge in [0.25, 0.3) is 0 Å². The Morgan fingerprint density at radius 3 is 2.88 bits per heavy atom. The maximum Gasteiger partial charge on any atom is 0.0705 e. The molecular weight excluding hydrogens is 220 g/mol. The lowest BCUT2D eigenvalue weighted by Crippen LogP contribution is -1.87. The largest absolute Gasteiger partial charge is 0.256 e. The van der Waals surface area contributed by atoms with Crippen LogP contribution in [0.15, 0.2) is 42.6 Å². The first-order valence-corrected chi connectivity index (χ1v) is 5.25. The summed E-state index contributed by atoms with van der Waals surface area (Å²) in [5, 5.41) is 9.32. The van der Waals surface area contributed by atoms with E-state index in [0.717, 1.165) is 16.8 Å². The zero-order valence-electron chi connectivity index (χ0n) is 8.52. The summed E-state index contributed by atoms with van der Waals surface area (Å²) in [5.41, 5.74) is 2.77. The SMILES string of the molecule is N#CCc1ccnc(-c2cccc(Cl)c2)c1. The van der Waals surface area contributed by atoms with Crippen molar-refractivity contribution in [2.24, 2.45) is 0 Å². The van der Waals surface area contributed by atoms with Crippen LogP contribution in [-0.2, 0) is 6.42 Å². The fourth-order valence-corrected chi connectivity index (χ4v) is 1.67. The molecular formula is C13H9ClN2. The third-order valence-corrected chi connectivity index (χ3v) is 2.46. The number of rotatable bonds is 2. The Morgan fingerprint density at radius 1 is 1.25 bits per heavy atom. The normalized spacial score (nSPS) is 9.75. The molecule has 0 aliphatic heterocycles. The highest BCUT2D eigenvalue weighted by atomic mass is 35.5.